The molecule has 0 saturated carbocycles. The Morgan fingerprint density at radius 2 is 2.38 bits per heavy atom. The maximum atomic E-state index is 5.60. The van der Waals surface area contributed by atoms with Crippen molar-refractivity contribution < 1.29 is 4.74 Å². The molecule has 0 spiro atoms. The number of imidazole rings is 1. The van der Waals surface area contributed by atoms with Crippen LogP contribution >= 0.6 is 0 Å². The highest BCUT2D eigenvalue weighted by Crippen LogP contribution is 2.19. The summed E-state index contributed by atoms with van der Waals surface area (Å²) in [5, 5.41) is 0. The summed E-state index contributed by atoms with van der Waals surface area (Å²) in [5.41, 5.74) is 2.72. The van der Waals surface area contributed by atoms with E-state index in [1.165, 1.54) is 12.8 Å². The van der Waals surface area contributed by atoms with Crippen molar-refractivity contribution in [1.82, 2.24) is 19.9 Å². The lowest BCUT2D eigenvalue weighted by Crippen LogP contribution is -2.07. The van der Waals surface area contributed by atoms with Gasteiger partial charge >= 0.3 is 0 Å². The third-order valence-electron chi connectivity index (χ3n) is 3.02. The van der Waals surface area contributed by atoms with Crippen LogP contribution in [0.2, 0.25) is 0 Å². The molecule has 1 saturated heterocycles. The zero-order valence-corrected chi connectivity index (χ0v) is 9.02. The van der Waals surface area contributed by atoms with Gasteiger partial charge in [0.25, 0.3) is 0 Å². The summed E-state index contributed by atoms with van der Waals surface area (Å²) in [7, 11) is 0. The van der Waals surface area contributed by atoms with E-state index < -0.39 is 0 Å². The third-order valence-corrected chi connectivity index (χ3v) is 3.02. The molecule has 0 radical (unpaired) electrons. The van der Waals surface area contributed by atoms with Crippen molar-refractivity contribution in [2.24, 2.45) is 0 Å². The van der Waals surface area contributed by atoms with Gasteiger partial charge in [-0.3, -0.25) is 0 Å². The van der Waals surface area contributed by atoms with Crippen LogP contribution in [0.5, 0.6) is 0 Å². The number of ether oxygens (including phenoxy) is 1. The molecule has 2 aromatic rings. The molecule has 3 rings (SSSR count). The predicted octanol–water partition coefficient (Wildman–Crippen LogP) is 1.46. The van der Waals surface area contributed by atoms with Crippen LogP contribution in [0.4, 0.5) is 0 Å². The predicted molar refractivity (Wildman–Crippen MR) is 59.0 cm³/mol. The molecule has 0 amide bonds. The highest BCUT2D eigenvalue weighted by molar-refractivity contribution is 5.71. The molecular weight excluding hydrogens is 204 g/mol. The highest BCUT2D eigenvalue weighted by Gasteiger charge is 2.16. The fraction of sp³-hybridized carbons (Fsp3) is 0.545. The van der Waals surface area contributed by atoms with Gasteiger partial charge in [0.05, 0.1) is 18.1 Å². The molecule has 0 aliphatic carbocycles. The molecule has 2 aromatic heterocycles. The molecule has 16 heavy (non-hydrogen) atoms. The summed E-state index contributed by atoms with van der Waals surface area (Å²) >= 11 is 0. The van der Waals surface area contributed by atoms with Crippen molar-refractivity contribution >= 4 is 11.2 Å². The van der Waals surface area contributed by atoms with Gasteiger partial charge in [0.15, 0.2) is 5.65 Å². The maximum Gasteiger partial charge on any atom is 0.160 e. The monoisotopic (exact) mass is 218 g/mol. The van der Waals surface area contributed by atoms with Crippen LogP contribution in [-0.4, -0.2) is 32.6 Å². The van der Waals surface area contributed by atoms with Crippen LogP contribution in [0.25, 0.3) is 11.2 Å². The molecule has 0 bridgehead atoms. The number of aryl methyl sites for hydroxylation is 1. The summed E-state index contributed by atoms with van der Waals surface area (Å²) in [6.07, 6.45) is 7.96. The number of rotatable bonds is 3. The van der Waals surface area contributed by atoms with Crippen molar-refractivity contribution in [3.8, 4) is 0 Å². The first-order valence-corrected chi connectivity index (χ1v) is 5.68. The quantitative estimate of drug-likeness (QED) is 0.847. The van der Waals surface area contributed by atoms with Crippen molar-refractivity contribution in [2.75, 3.05) is 6.61 Å². The van der Waals surface area contributed by atoms with Crippen LogP contribution < -0.4 is 0 Å². The third kappa shape index (κ3) is 1.78. The average molecular weight is 218 g/mol. The lowest BCUT2D eigenvalue weighted by atomic mass is 10.1. The summed E-state index contributed by atoms with van der Waals surface area (Å²) in [6.45, 7) is 0.909. The van der Waals surface area contributed by atoms with Gasteiger partial charge in [0.2, 0.25) is 0 Å². The van der Waals surface area contributed by atoms with Gasteiger partial charge in [0, 0.05) is 6.61 Å². The van der Waals surface area contributed by atoms with Crippen LogP contribution in [0.1, 0.15) is 25.0 Å². The summed E-state index contributed by atoms with van der Waals surface area (Å²) in [5.74, 6) is 0. The Kier molecular flexibility index (Phi) is 2.53. The maximum absolute atomic E-state index is 5.60. The van der Waals surface area contributed by atoms with Crippen LogP contribution in [0, 0.1) is 0 Å². The number of aromatic amines is 1. The largest absolute Gasteiger partial charge is 0.378 e. The Morgan fingerprint density at radius 3 is 3.25 bits per heavy atom. The fourth-order valence-electron chi connectivity index (χ4n) is 2.17. The first-order chi connectivity index (χ1) is 7.93. The number of nitrogens with zero attached hydrogens (tertiary/aromatic N) is 3. The highest BCUT2D eigenvalue weighted by atomic mass is 16.5. The van der Waals surface area contributed by atoms with Crippen molar-refractivity contribution in [2.45, 2.75) is 31.8 Å². The molecule has 5 nitrogen and oxygen atoms in total. The minimum Gasteiger partial charge on any atom is -0.378 e. The standard InChI is InChI=1S/C11H14N4O/c1-2-8(16-5-1)3-4-9-10-11(14-6-12-9)15-7-13-10/h6-8H,1-5H2,(H,12,13,14,15). The van der Waals surface area contributed by atoms with Gasteiger partial charge in [-0.25, -0.2) is 15.0 Å². The molecule has 1 unspecified atom stereocenters. The SMILES string of the molecule is c1nc(CCC2CCCO2)c2nc[nH]c2n1. The van der Waals surface area contributed by atoms with Crippen molar-refractivity contribution in [1.29, 1.82) is 0 Å². The van der Waals surface area contributed by atoms with Gasteiger partial charge in [-0.05, 0) is 25.7 Å². The smallest absolute Gasteiger partial charge is 0.160 e. The minimum atomic E-state index is 0.406. The topological polar surface area (TPSA) is 63.7 Å². The van der Waals surface area contributed by atoms with E-state index in [1.54, 1.807) is 12.7 Å². The van der Waals surface area contributed by atoms with E-state index in [-0.39, 0.29) is 0 Å². The molecule has 1 aliphatic heterocycles. The zero-order valence-electron chi connectivity index (χ0n) is 9.02. The van der Waals surface area contributed by atoms with E-state index in [1.807, 2.05) is 0 Å². The van der Waals surface area contributed by atoms with E-state index in [9.17, 15) is 0 Å². The molecule has 1 aliphatic rings. The summed E-state index contributed by atoms with van der Waals surface area (Å²) in [6, 6.07) is 0. The minimum absolute atomic E-state index is 0.406. The molecule has 1 atom stereocenters. The van der Waals surface area contributed by atoms with Gasteiger partial charge in [-0.2, -0.15) is 0 Å². The zero-order chi connectivity index (χ0) is 10.8. The number of hydrogen-bond acceptors (Lipinski definition) is 4. The molecule has 1 N–H and O–H groups in total. The Hall–Kier alpha value is -1.49. The van der Waals surface area contributed by atoms with Crippen molar-refractivity contribution in [3.63, 3.8) is 0 Å². The van der Waals surface area contributed by atoms with Gasteiger partial charge in [0.1, 0.15) is 11.8 Å². The van der Waals surface area contributed by atoms with Crippen LogP contribution in [0.15, 0.2) is 12.7 Å². The molecule has 3 heterocycles. The first-order valence-electron chi connectivity index (χ1n) is 5.68. The van der Waals surface area contributed by atoms with E-state index in [4.69, 9.17) is 4.74 Å². The second-order valence-corrected chi connectivity index (χ2v) is 4.09. The Morgan fingerprint density at radius 1 is 1.38 bits per heavy atom. The Balaban J connectivity index is 1.75. The molecule has 0 aromatic carbocycles. The number of aromatic nitrogens is 4. The van der Waals surface area contributed by atoms with Crippen LogP contribution in [0.3, 0.4) is 0 Å². The number of hydrogen-bond donors (Lipinski definition) is 1. The second kappa shape index (κ2) is 4.17. The average Bonchev–Trinajstić information content (AvgIpc) is 2.97. The molecule has 5 heteroatoms. The van der Waals surface area contributed by atoms with E-state index in [2.05, 4.69) is 19.9 Å². The lowest BCUT2D eigenvalue weighted by Gasteiger charge is -2.08. The lowest BCUT2D eigenvalue weighted by molar-refractivity contribution is 0.104. The number of nitrogens with one attached hydrogen (secondary N) is 1. The second-order valence-electron chi connectivity index (χ2n) is 4.09. The Bertz CT molecular complexity index is 476. The number of fused-ring (bicyclic) bond motifs is 1. The normalized spacial score (nSPS) is 20.6. The Labute approximate surface area is 93.3 Å². The van der Waals surface area contributed by atoms with Gasteiger partial charge in [-0.15, -0.1) is 0 Å². The van der Waals surface area contributed by atoms with E-state index >= 15 is 0 Å². The summed E-state index contributed by atoms with van der Waals surface area (Å²) in [4.78, 5) is 15.6. The fourth-order valence-corrected chi connectivity index (χ4v) is 2.17. The van der Waals surface area contributed by atoms with E-state index in [0.29, 0.717) is 6.10 Å². The van der Waals surface area contributed by atoms with Gasteiger partial charge < -0.3 is 9.72 Å². The molecule has 1 fully saturated rings. The molecular formula is C11H14N4O. The molecule has 84 valence electrons. The van der Waals surface area contributed by atoms with Crippen molar-refractivity contribution in [3.05, 3.63) is 18.3 Å². The van der Waals surface area contributed by atoms with E-state index in [0.717, 1.165) is 36.3 Å². The first kappa shape index (κ1) is 9.72. The van der Waals surface area contributed by atoms with Crippen LogP contribution in [-0.2, 0) is 11.2 Å². The summed E-state index contributed by atoms with van der Waals surface area (Å²) < 4.78 is 5.60. The van der Waals surface area contributed by atoms with Gasteiger partial charge in [-0.1, -0.05) is 0 Å². The number of H-pyrrole nitrogens is 1.